The Kier molecular flexibility index (Phi) is 3.78. The number of carbonyl (C=O) groups excluding carboxylic acids is 1. The van der Waals surface area contributed by atoms with Crippen molar-refractivity contribution in [2.75, 3.05) is 19.0 Å². The largest absolute Gasteiger partial charge is 0.378 e. The van der Waals surface area contributed by atoms with Crippen molar-refractivity contribution in [1.29, 1.82) is 0 Å². The number of amides is 1. The van der Waals surface area contributed by atoms with E-state index >= 15 is 0 Å². The van der Waals surface area contributed by atoms with Crippen molar-refractivity contribution in [2.24, 2.45) is 12.0 Å². The van der Waals surface area contributed by atoms with E-state index in [1.165, 1.54) is 0 Å². The summed E-state index contributed by atoms with van der Waals surface area (Å²) in [5.74, 6) is 0.442. The van der Waals surface area contributed by atoms with E-state index in [1.54, 1.807) is 30.0 Å². The number of fused-ring (bicyclic) bond motifs is 1. The number of methoxy groups -OCH3 is 1. The minimum atomic E-state index is -0.192. The first-order valence-electron chi connectivity index (χ1n) is 6.90. The van der Waals surface area contributed by atoms with Crippen molar-refractivity contribution >= 4 is 17.3 Å². The monoisotopic (exact) mass is 302 g/mol. The zero-order chi connectivity index (χ0) is 15.7. The number of hydrazine groups is 1. The van der Waals surface area contributed by atoms with Crippen LogP contribution in [0.5, 0.6) is 0 Å². The number of anilines is 1. The van der Waals surface area contributed by atoms with Gasteiger partial charge < -0.3 is 10.1 Å². The van der Waals surface area contributed by atoms with Gasteiger partial charge in [0.05, 0.1) is 17.9 Å². The van der Waals surface area contributed by atoms with E-state index in [4.69, 9.17) is 4.74 Å². The highest BCUT2D eigenvalue weighted by molar-refractivity contribution is 6.06. The van der Waals surface area contributed by atoms with E-state index in [2.05, 4.69) is 20.8 Å². The van der Waals surface area contributed by atoms with Gasteiger partial charge in [0.2, 0.25) is 0 Å². The first kappa shape index (κ1) is 14.5. The Morgan fingerprint density at radius 1 is 1.55 bits per heavy atom. The van der Waals surface area contributed by atoms with Crippen LogP contribution in [0, 0.1) is 0 Å². The molecule has 0 spiro atoms. The molecule has 3 heterocycles. The van der Waals surface area contributed by atoms with Crippen LogP contribution >= 0.6 is 0 Å². The van der Waals surface area contributed by atoms with Crippen LogP contribution in [-0.2, 0) is 23.2 Å². The van der Waals surface area contributed by atoms with Gasteiger partial charge in [-0.3, -0.25) is 14.5 Å². The minimum absolute atomic E-state index is 0.192. The van der Waals surface area contributed by atoms with Gasteiger partial charge in [-0.25, -0.2) is 10.4 Å². The Morgan fingerprint density at radius 3 is 3.14 bits per heavy atom. The lowest BCUT2D eigenvalue weighted by Gasteiger charge is -2.17. The van der Waals surface area contributed by atoms with Crippen LogP contribution in [0.25, 0.3) is 0 Å². The average molecular weight is 302 g/mol. The summed E-state index contributed by atoms with van der Waals surface area (Å²) in [6, 6.07) is 0. The highest BCUT2D eigenvalue weighted by Crippen LogP contribution is 2.22. The van der Waals surface area contributed by atoms with E-state index in [0.717, 1.165) is 5.71 Å². The van der Waals surface area contributed by atoms with Crippen molar-refractivity contribution in [3.63, 3.8) is 0 Å². The number of carbonyl (C=O) groups is 1. The normalized spacial score (nSPS) is 16.9. The Balaban J connectivity index is 1.84. The van der Waals surface area contributed by atoms with Gasteiger partial charge in [0.25, 0.3) is 5.91 Å². The maximum Gasteiger partial charge on any atom is 0.256 e. The molecule has 116 valence electrons. The molecule has 1 aromatic heterocycles. The van der Waals surface area contributed by atoms with E-state index in [9.17, 15) is 4.79 Å². The van der Waals surface area contributed by atoms with Crippen LogP contribution in [-0.4, -0.2) is 40.1 Å². The summed E-state index contributed by atoms with van der Waals surface area (Å²) >= 11 is 0. The molecule has 0 bridgehead atoms. The highest BCUT2D eigenvalue weighted by Gasteiger charge is 2.28. The molecule has 2 N–H and O–H groups in total. The lowest BCUT2D eigenvalue weighted by molar-refractivity contribution is -0.112. The Labute approximate surface area is 128 Å². The summed E-state index contributed by atoms with van der Waals surface area (Å²) in [7, 11) is 3.39. The summed E-state index contributed by atoms with van der Waals surface area (Å²) in [5.41, 5.74) is 5.89. The minimum Gasteiger partial charge on any atom is -0.378 e. The molecule has 2 aliphatic rings. The molecule has 0 unspecified atom stereocenters. The van der Waals surface area contributed by atoms with Gasteiger partial charge >= 0.3 is 0 Å². The van der Waals surface area contributed by atoms with Crippen LogP contribution < -0.4 is 10.7 Å². The first-order valence-corrected chi connectivity index (χ1v) is 6.90. The second kappa shape index (κ2) is 5.74. The van der Waals surface area contributed by atoms with Gasteiger partial charge in [-0.2, -0.15) is 5.10 Å². The van der Waals surface area contributed by atoms with Gasteiger partial charge in [-0.05, 0) is 13.0 Å². The first-order chi connectivity index (χ1) is 10.6. The standard InChI is InChI=1S/C14H18N6O2/c1-9-4-5-20-13(16-9)10(6-15-20)14(21)17-11-7-19(2)18-12(11)8-22-3/h4-5,7,15H,6,8H2,1-3H3,(H,17,21). The van der Waals surface area contributed by atoms with Crippen LogP contribution in [0.1, 0.15) is 12.6 Å². The highest BCUT2D eigenvalue weighted by atomic mass is 16.5. The second-order valence-corrected chi connectivity index (χ2v) is 5.13. The van der Waals surface area contributed by atoms with Crippen molar-refractivity contribution < 1.29 is 9.53 Å². The molecule has 0 aliphatic carbocycles. The molecule has 0 saturated heterocycles. The molecular weight excluding hydrogens is 284 g/mol. The number of nitrogens with zero attached hydrogens (tertiary/aromatic N) is 4. The zero-order valence-corrected chi connectivity index (χ0v) is 12.8. The van der Waals surface area contributed by atoms with E-state index < -0.39 is 0 Å². The van der Waals surface area contributed by atoms with Gasteiger partial charge in [-0.1, -0.05) is 0 Å². The Morgan fingerprint density at radius 2 is 2.36 bits per heavy atom. The quantitative estimate of drug-likeness (QED) is 0.847. The van der Waals surface area contributed by atoms with E-state index in [1.807, 2.05) is 19.2 Å². The SMILES string of the molecule is COCc1nn(C)cc1NC(=O)C1=C2N=C(C)C=CN2NC1. The number of ether oxygens (including phenoxy) is 1. The van der Waals surface area contributed by atoms with E-state index in [0.29, 0.717) is 35.9 Å². The zero-order valence-electron chi connectivity index (χ0n) is 12.8. The van der Waals surface area contributed by atoms with Gasteiger partial charge in [0.1, 0.15) is 5.69 Å². The maximum atomic E-state index is 12.5. The molecule has 1 amide bonds. The summed E-state index contributed by atoms with van der Waals surface area (Å²) < 4.78 is 6.74. The molecular formula is C14H18N6O2. The van der Waals surface area contributed by atoms with Crippen molar-refractivity contribution in [3.05, 3.63) is 35.6 Å². The number of rotatable bonds is 4. The fourth-order valence-electron chi connectivity index (χ4n) is 2.36. The molecule has 0 aromatic carbocycles. The number of allylic oxidation sites excluding steroid dienone is 1. The molecule has 0 radical (unpaired) electrons. The predicted octanol–water partition coefficient (Wildman–Crippen LogP) is 0.525. The third kappa shape index (κ3) is 2.66. The van der Waals surface area contributed by atoms with Crippen molar-refractivity contribution in [2.45, 2.75) is 13.5 Å². The van der Waals surface area contributed by atoms with E-state index in [-0.39, 0.29) is 5.91 Å². The molecule has 0 atom stereocenters. The number of hydrogen-bond acceptors (Lipinski definition) is 6. The molecule has 8 nitrogen and oxygen atoms in total. The number of hydrogen-bond donors (Lipinski definition) is 2. The van der Waals surface area contributed by atoms with Crippen molar-refractivity contribution in [1.82, 2.24) is 20.2 Å². The van der Waals surface area contributed by atoms with Crippen LogP contribution in [0.2, 0.25) is 0 Å². The third-order valence-corrected chi connectivity index (χ3v) is 3.38. The molecule has 3 rings (SSSR count). The second-order valence-electron chi connectivity index (χ2n) is 5.13. The number of nitrogens with one attached hydrogen (secondary N) is 2. The lowest BCUT2D eigenvalue weighted by Crippen LogP contribution is -2.28. The fraction of sp³-hybridized carbons (Fsp3) is 0.357. The summed E-state index contributed by atoms with van der Waals surface area (Å²) in [5, 5.41) is 8.91. The average Bonchev–Trinajstić information content (AvgIpc) is 3.03. The summed E-state index contributed by atoms with van der Waals surface area (Å²) in [6.45, 7) is 2.67. The Hall–Kier alpha value is -2.45. The van der Waals surface area contributed by atoms with Crippen molar-refractivity contribution in [3.8, 4) is 0 Å². The maximum absolute atomic E-state index is 12.5. The number of aliphatic imine (C=N–C) groups is 1. The topological polar surface area (TPSA) is 83.8 Å². The van der Waals surface area contributed by atoms with Gasteiger partial charge in [0, 0.05) is 38.8 Å². The molecule has 1 aromatic rings. The third-order valence-electron chi connectivity index (χ3n) is 3.38. The molecule has 2 aliphatic heterocycles. The molecule has 0 saturated carbocycles. The molecule has 8 heteroatoms. The Bertz CT molecular complexity index is 700. The molecule has 22 heavy (non-hydrogen) atoms. The number of aromatic nitrogens is 2. The van der Waals surface area contributed by atoms with Gasteiger partial charge in [-0.15, -0.1) is 0 Å². The predicted molar refractivity (Wildman–Crippen MR) is 81.7 cm³/mol. The summed E-state index contributed by atoms with van der Waals surface area (Å²) in [4.78, 5) is 17.0. The van der Waals surface area contributed by atoms with Gasteiger partial charge in [0.15, 0.2) is 5.82 Å². The van der Waals surface area contributed by atoms with Crippen LogP contribution in [0.15, 0.2) is 34.9 Å². The smallest absolute Gasteiger partial charge is 0.256 e. The van der Waals surface area contributed by atoms with Crippen LogP contribution in [0.3, 0.4) is 0 Å². The summed E-state index contributed by atoms with van der Waals surface area (Å²) in [6.07, 6.45) is 5.50. The molecule has 0 fully saturated rings. The van der Waals surface area contributed by atoms with Crippen LogP contribution in [0.4, 0.5) is 5.69 Å². The lowest BCUT2D eigenvalue weighted by atomic mass is 10.2. The number of aryl methyl sites for hydroxylation is 1. The fourth-order valence-corrected chi connectivity index (χ4v) is 2.36.